The van der Waals surface area contributed by atoms with E-state index in [-0.39, 0.29) is 5.75 Å². The van der Waals surface area contributed by atoms with Crippen LogP contribution in [-0.4, -0.2) is 20.2 Å². The van der Waals surface area contributed by atoms with Gasteiger partial charge in [-0.3, -0.25) is 0 Å². The number of nitrogens with zero attached hydrogens (tertiary/aromatic N) is 2. The lowest BCUT2D eigenvalue weighted by molar-refractivity contribution is 0.431. The van der Waals surface area contributed by atoms with Crippen molar-refractivity contribution < 1.29 is 9.63 Å². The van der Waals surface area contributed by atoms with Gasteiger partial charge in [0.05, 0.1) is 9.26 Å². The quantitative estimate of drug-likeness (QED) is 0.695. The van der Waals surface area contributed by atoms with Gasteiger partial charge in [0.2, 0.25) is 5.82 Å². The second-order valence-electron chi connectivity index (χ2n) is 3.67. The Hall–Kier alpha value is -1.83. The molecule has 0 radical (unpaired) electrons. The van der Waals surface area contributed by atoms with E-state index in [0.717, 1.165) is 9.26 Å². The molecule has 3 aromatic rings. The normalized spacial score (nSPS) is 10.7. The SMILES string of the molecule is Oc1cc(-c2nc(-c3ccc[nH]3)no2)ccc1I. The average molecular weight is 353 g/mol. The van der Waals surface area contributed by atoms with Crippen LogP contribution in [0.15, 0.2) is 41.1 Å². The van der Waals surface area contributed by atoms with E-state index in [9.17, 15) is 5.11 Å². The molecule has 0 fully saturated rings. The molecule has 2 heterocycles. The zero-order valence-electron chi connectivity index (χ0n) is 9.09. The number of phenolic OH excluding ortho intramolecular Hbond substituents is 1. The smallest absolute Gasteiger partial charge is 0.258 e. The first-order chi connectivity index (χ1) is 8.74. The minimum Gasteiger partial charge on any atom is -0.507 e. The highest BCUT2D eigenvalue weighted by Gasteiger charge is 2.12. The maximum Gasteiger partial charge on any atom is 0.258 e. The van der Waals surface area contributed by atoms with Crippen LogP contribution in [-0.2, 0) is 0 Å². The molecule has 0 amide bonds. The van der Waals surface area contributed by atoms with E-state index >= 15 is 0 Å². The molecule has 1 aromatic carbocycles. The van der Waals surface area contributed by atoms with Crippen molar-refractivity contribution in [1.82, 2.24) is 15.1 Å². The number of H-pyrrole nitrogens is 1. The van der Waals surface area contributed by atoms with Gasteiger partial charge < -0.3 is 14.6 Å². The van der Waals surface area contributed by atoms with E-state index in [1.807, 2.05) is 18.2 Å². The molecule has 0 spiro atoms. The van der Waals surface area contributed by atoms with Gasteiger partial charge in [0.1, 0.15) is 5.75 Å². The summed E-state index contributed by atoms with van der Waals surface area (Å²) in [7, 11) is 0. The van der Waals surface area contributed by atoms with Gasteiger partial charge in [-0.15, -0.1) is 0 Å². The Balaban J connectivity index is 2.00. The highest BCUT2D eigenvalue weighted by atomic mass is 127. The van der Waals surface area contributed by atoms with Gasteiger partial charge in [0.15, 0.2) is 0 Å². The maximum atomic E-state index is 9.65. The van der Waals surface area contributed by atoms with Gasteiger partial charge in [-0.1, -0.05) is 5.16 Å². The summed E-state index contributed by atoms with van der Waals surface area (Å²) in [5.74, 6) is 1.08. The Morgan fingerprint density at radius 1 is 1.28 bits per heavy atom. The van der Waals surface area contributed by atoms with Gasteiger partial charge in [-0.2, -0.15) is 4.98 Å². The lowest BCUT2D eigenvalue weighted by Crippen LogP contribution is -1.81. The molecular weight excluding hydrogens is 345 g/mol. The number of phenols is 1. The zero-order valence-corrected chi connectivity index (χ0v) is 11.2. The van der Waals surface area contributed by atoms with Gasteiger partial charge in [-0.05, 0) is 52.9 Å². The van der Waals surface area contributed by atoms with Crippen molar-refractivity contribution in [2.75, 3.05) is 0 Å². The summed E-state index contributed by atoms with van der Waals surface area (Å²) in [5.41, 5.74) is 1.48. The fraction of sp³-hybridized carbons (Fsp3) is 0. The molecule has 0 aliphatic heterocycles. The van der Waals surface area contributed by atoms with Crippen LogP contribution < -0.4 is 0 Å². The van der Waals surface area contributed by atoms with Crippen LogP contribution in [0.4, 0.5) is 0 Å². The molecule has 18 heavy (non-hydrogen) atoms. The number of rotatable bonds is 2. The predicted molar refractivity (Wildman–Crippen MR) is 73.9 cm³/mol. The Labute approximate surface area is 116 Å². The number of nitrogens with one attached hydrogen (secondary N) is 1. The Kier molecular flexibility index (Phi) is 2.78. The monoisotopic (exact) mass is 353 g/mol. The molecule has 0 aliphatic carbocycles. The first-order valence-electron chi connectivity index (χ1n) is 5.20. The third-order valence-corrected chi connectivity index (χ3v) is 3.37. The van der Waals surface area contributed by atoms with Crippen LogP contribution >= 0.6 is 22.6 Å². The summed E-state index contributed by atoms with van der Waals surface area (Å²) in [6.07, 6.45) is 1.79. The van der Waals surface area contributed by atoms with Crippen molar-refractivity contribution in [3.8, 4) is 28.7 Å². The van der Waals surface area contributed by atoms with Crippen LogP contribution in [0.3, 0.4) is 0 Å². The number of hydrogen-bond acceptors (Lipinski definition) is 4. The molecule has 2 aromatic heterocycles. The van der Waals surface area contributed by atoms with Crippen molar-refractivity contribution in [1.29, 1.82) is 0 Å². The Bertz CT molecular complexity index is 676. The largest absolute Gasteiger partial charge is 0.507 e. The maximum absolute atomic E-state index is 9.65. The van der Waals surface area contributed by atoms with Crippen molar-refractivity contribution in [2.24, 2.45) is 0 Å². The van der Waals surface area contributed by atoms with E-state index in [2.05, 4.69) is 37.7 Å². The minimum absolute atomic E-state index is 0.202. The molecule has 90 valence electrons. The Morgan fingerprint density at radius 2 is 2.17 bits per heavy atom. The lowest BCUT2D eigenvalue weighted by Gasteiger charge is -1.98. The van der Waals surface area contributed by atoms with E-state index in [1.54, 1.807) is 18.3 Å². The van der Waals surface area contributed by atoms with Crippen molar-refractivity contribution >= 4 is 22.6 Å². The zero-order chi connectivity index (χ0) is 12.5. The van der Waals surface area contributed by atoms with E-state index in [4.69, 9.17) is 4.52 Å². The summed E-state index contributed by atoms with van der Waals surface area (Å²) in [4.78, 5) is 7.27. The van der Waals surface area contributed by atoms with Gasteiger partial charge in [0, 0.05) is 11.8 Å². The topological polar surface area (TPSA) is 74.9 Å². The fourth-order valence-electron chi connectivity index (χ4n) is 1.57. The van der Waals surface area contributed by atoms with Crippen molar-refractivity contribution in [3.05, 3.63) is 40.1 Å². The predicted octanol–water partition coefficient (Wildman–Crippen LogP) is 3.04. The van der Waals surface area contributed by atoms with E-state index < -0.39 is 0 Å². The van der Waals surface area contributed by atoms with Crippen LogP contribution in [0.1, 0.15) is 0 Å². The molecule has 0 bridgehead atoms. The molecule has 0 aliphatic rings. The highest BCUT2D eigenvalue weighted by molar-refractivity contribution is 14.1. The van der Waals surface area contributed by atoms with Crippen LogP contribution in [0, 0.1) is 3.57 Å². The average Bonchev–Trinajstić information content (AvgIpc) is 3.01. The summed E-state index contributed by atoms with van der Waals surface area (Å²) in [6.45, 7) is 0. The van der Waals surface area contributed by atoms with Gasteiger partial charge in [-0.25, -0.2) is 0 Å². The first-order valence-corrected chi connectivity index (χ1v) is 6.28. The van der Waals surface area contributed by atoms with Crippen molar-refractivity contribution in [3.63, 3.8) is 0 Å². The molecule has 0 saturated carbocycles. The second-order valence-corrected chi connectivity index (χ2v) is 4.84. The Morgan fingerprint density at radius 3 is 2.89 bits per heavy atom. The molecule has 0 unspecified atom stereocenters. The third-order valence-electron chi connectivity index (χ3n) is 2.46. The molecule has 0 saturated heterocycles. The highest BCUT2D eigenvalue weighted by Crippen LogP contribution is 2.27. The number of benzene rings is 1. The lowest BCUT2D eigenvalue weighted by atomic mass is 10.2. The first kappa shape index (κ1) is 11.3. The summed E-state index contributed by atoms with van der Waals surface area (Å²) >= 11 is 2.05. The van der Waals surface area contributed by atoms with Crippen molar-refractivity contribution in [2.45, 2.75) is 0 Å². The summed E-state index contributed by atoms with van der Waals surface area (Å²) < 4.78 is 5.95. The van der Waals surface area contributed by atoms with Crippen LogP contribution in [0.25, 0.3) is 23.0 Å². The summed E-state index contributed by atoms with van der Waals surface area (Å²) in [5, 5.41) is 13.5. The second kappa shape index (κ2) is 4.45. The van der Waals surface area contributed by atoms with E-state index in [1.165, 1.54) is 0 Å². The molecule has 5 nitrogen and oxygen atoms in total. The standard InChI is InChI=1S/C12H8IN3O2/c13-8-4-3-7(6-10(8)17)12-15-11(16-18-12)9-2-1-5-14-9/h1-6,14,17H. The fourth-order valence-corrected chi connectivity index (χ4v) is 1.90. The number of aromatic hydroxyl groups is 1. The minimum atomic E-state index is 0.202. The number of aromatic nitrogens is 3. The van der Waals surface area contributed by atoms with Gasteiger partial charge >= 0.3 is 0 Å². The molecule has 2 N–H and O–H groups in total. The molecule has 6 heteroatoms. The van der Waals surface area contributed by atoms with Gasteiger partial charge in [0.25, 0.3) is 5.89 Å². The van der Waals surface area contributed by atoms with Crippen LogP contribution in [0.5, 0.6) is 5.75 Å². The molecule has 3 rings (SSSR count). The number of hydrogen-bond donors (Lipinski definition) is 2. The third kappa shape index (κ3) is 1.99. The molecular formula is C12H8IN3O2. The number of halogens is 1. The molecule has 0 atom stereocenters. The summed E-state index contributed by atoms with van der Waals surface area (Å²) in [6, 6.07) is 8.95. The van der Waals surface area contributed by atoms with Crippen LogP contribution in [0.2, 0.25) is 0 Å². The van der Waals surface area contributed by atoms with E-state index in [0.29, 0.717) is 17.3 Å². The number of aromatic amines is 1.